The molecular formula is C13H18FN3OS. The number of benzene rings is 1. The largest absolute Gasteiger partial charge is 0.398 e. The van der Waals surface area contributed by atoms with Gasteiger partial charge in [-0.25, -0.2) is 4.39 Å². The number of carbonyl (C=O) groups is 1. The van der Waals surface area contributed by atoms with Crippen LogP contribution in [0, 0.1) is 5.82 Å². The second-order valence-corrected chi connectivity index (χ2v) is 5.67. The molecule has 0 aliphatic carbocycles. The van der Waals surface area contributed by atoms with Gasteiger partial charge in [0, 0.05) is 43.4 Å². The van der Waals surface area contributed by atoms with Crippen molar-refractivity contribution in [3.8, 4) is 0 Å². The van der Waals surface area contributed by atoms with Gasteiger partial charge in [-0.05, 0) is 18.2 Å². The van der Waals surface area contributed by atoms with Gasteiger partial charge in [0.1, 0.15) is 5.82 Å². The van der Waals surface area contributed by atoms with Crippen molar-refractivity contribution in [2.75, 3.05) is 43.4 Å². The Kier molecular flexibility index (Phi) is 5.04. The molecule has 1 fully saturated rings. The lowest BCUT2D eigenvalue weighted by Crippen LogP contribution is -2.39. The predicted molar refractivity (Wildman–Crippen MR) is 76.9 cm³/mol. The highest BCUT2D eigenvalue weighted by Crippen LogP contribution is 2.13. The minimum Gasteiger partial charge on any atom is -0.398 e. The van der Waals surface area contributed by atoms with Crippen LogP contribution in [0.1, 0.15) is 10.4 Å². The number of hydrogen-bond acceptors (Lipinski definition) is 4. The average molecular weight is 283 g/mol. The Bertz CT molecular complexity index is 450. The fourth-order valence-corrected chi connectivity index (χ4v) is 2.97. The smallest absolute Gasteiger partial charge is 0.253 e. The van der Waals surface area contributed by atoms with Crippen molar-refractivity contribution in [3.63, 3.8) is 0 Å². The summed E-state index contributed by atoms with van der Waals surface area (Å²) in [5, 5.41) is 2.82. The molecule has 6 heteroatoms. The van der Waals surface area contributed by atoms with Crippen LogP contribution in [0.4, 0.5) is 10.1 Å². The molecule has 0 spiro atoms. The Labute approximate surface area is 116 Å². The summed E-state index contributed by atoms with van der Waals surface area (Å²) in [7, 11) is 0. The first-order chi connectivity index (χ1) is 9.16. The predicted octanol–water partition coefficient (Wildman–Crippen LogP) is 1.19. The van der Waals surface area contributed by atoms with E-state index in [1.165, 1.54) is 12.1 Å². The number of thioether (sulfide) groups is 1. The van der Waals surface area contributed by atoms with E-state index >= 15 is 0 Å². The van der Waals surface area contributed by atoms with Gasteiger partial charge in [0.25, 0.3) is 5.91 Å². The molecule has 19 heavy (non-hydrogen) atoms. The van der Waals surface area contributed by atoms with Crippen LogP contribution in [0.5, 0.6) is 0 Å². The molecule has 104 valence electrons. The molecule has 1 aliphatic rings. The Morgan fingerprint density at radius 3 is 2.84 bits per heavy atom. The molecule has 0 bridgehead atoms. The fourth-order valence-electron chi connectivity index (χ4n) is 1.99. The van der Waals surface area contributed by atoms with E-state index in [4.69, 9.17) is 5.73 Å². The standard InChI is InChI=1S/C13H18FN3OS/c14-10-1-2-11(12(15)9-10)13(18)16-3-4-17-5-7-19-8-6-17/h1-2,9H,3-8,15H2,(H,16,18). The van der Waals surface area contributed by atoms with Crippen LogP contribution in [0.15, 0.2) is 18.2 Å². The summed E-state index contributed by atoms with van der Waals surface area (Å²) in [5.74, 6) is 1.63. The number of anilines is 1. The highest BCUT2D eigenvalue weighted by molar-refractivity contribution is 7.99. The second kappa shape index (κ2) is 6.77. The van der Waals surface area contributed by atoms with Crippen molar-refractivity contribution in [1.29, 1.82) is 0 Å². The van der Waals surface area contributed by atoms with Crippen LogP contribution >= 0.6 is 11.8 Å². The number of nitrogens with zero attached hydrogens (tertiary/aromatic N) is 1. The molecule has 1 aromatic carbocycles. The summed E-state index contributed by atoms with van der Waals surface area (Å²) in [4.78, 5) is 14.2. The number of hydrogen-bond donors (Lipinski definition) is 2. The van der Waals surface area contributed by atoms with Crippen LogP contribution in [-0.4, -0.2) is 48.5 Å². The van der Waals surface area contributed by atoms with Gasteiger partial charge >= 0.3 is 0 Å². The molecule has 0 unspecified atom stereocenters. The minimum absolute atomic E-state index is 0.173. The SMILES string of the molecule is Nc1cc(F)ccc1C(=O)NCCN1CCSCC1. The number of nitrogens with two attached hydrogens (primary N) is 1. The molecule has 4 nitrogen and oxygen atoms in total. The summed E-state index contributed by atoms with van der Waals surface area (Å²) < 4.78 is 12.9. The molecule has 0 radical (unpaired) electrons. The quantitative estimate of drug-likeness (QED) is 0.815. The summed E-state index contributed by atoms with van der Waals surface area (Å²) in [6, 6.07) is 3.82. The van der Waals surface area contributed by atoms with Crippen molar-refractivity contribution >= 4 is 23.4 Å². The van der Waals surface area contributed by atoms with Crippen molar-refractivity contribution in [2.45, 2.75) is 0 Å². The molecule has 2 rings (SSSR count). The third kappa shape index (κ3) is 4.11. The second-order valence-electron chi connectivity index (χ2n) is 4.44. The van der Waals surface area contributed by atoms with E-state index in [1.54, 1.807) is 0 Å². The van der Waals surface area contributed by atoms with E-state index in [1.807, 2.05) is 11.8 Å². The molecule has 1 heterocycles. The lowest BCUT2D eigenvalue weighted by Gasteiger charge is -2.26. The first-order valence-electron chi connectivity index (χ1n) is 6.30. The number of amides is 1. The highest BCUT2D eigenvalue weighted by Gasteiger charge is 2.12. The Morgan fingerprint density at radius 2 is 2.16 bits per heavy atom. The van der Waals surface area contributed by atoms with E-state index in [-0.39, 0.29) is 11.6 Å². The van der Waals surface area contributed by atoms with Gasteiger partial charge in [-0.15, -0.1) is 0 Å². The molecule has 1 saturated heterocycles. The van der Waals surface area contributed by atoms with E-state index in [0.29, 0.717) is 12.1 Å². The van der Waals surface area contributed by atoms with Crippen LogP contribution in [0.3, 0.4) is 0 Å². The van der Waals surface area contributed by atoms with E-state index in [0.717, 1.165) is 37.2 Å². The van der Waals surface area contributed by atoms with Crippen LogP contribution in [0.2, 0.25) is 0 Å². The van der Waals surface area contributed by atoms with Gasteiger partial charge in [0.05, 0.1) is 5.56 Å². The zero-order valence-electron chi connectivity index (χ0n) is 10.7. The zero-order valence-corrected chi connectivity index (χ0v) is 11.5. The third-order valence-corrected chi connectivity index (χ3v) is 4.02. The molecule has 0 atom stereocenters. The van der Waals surface area contributed by atoms with Gasteiger partial charge in [-0.2, -0.15) is 11.8 Å². The van der Waals surface area contributed by atoms with Crippen LogP contribution in [-0.2, 0) is 0 Å². The number of rotatable bonds is 4. The van der Waals surface area contributed by atoms with Crippen molar-refractivity contribution in [1.82, 2.24) is 10.2 Å². The lowest BCUT2D eigenvalue weighted by molar-refractivity contribution is 0.0950. The molecular weight excluding hydrogens is 265 g/mol. The van der Waals surface area contributed by atoms with Crippen molar-refractivity contribution < 1.29 is 9.18 Å². The van der Waals surface area contributed by atoms with E-state index in [2.05, 4.69) is 10.2 Å². The van der Waals surface area contributed by atoms with E-state index in [9.17, 15) is 9.18 Å². The molecule has 1 aliphatic heterocycles. The minimum atomic E-state index is -0.431. The molecule has 0 saturated carbocycles. The maximum atomic E-state index is 12.9. The lowest BCUT2D eigenvalue weighted by atomic mass is 10.1. The number of nitrogens with one attached hydrogen (secondary N) is 1. The zero-order chi connectivity index (χ0) is 13.7. The number of nitrogen functional groups attached to an aromatic ring is 1. The van der Waals surface area contributed by atoms with E-state index < -0.39 is 5.82 Å². The van der Waals surface area contributed by atoms with Crippen molar-refractivity contribution in [2.24, 2.45) is 0 Å². The Morgan fingerprint density at radius 1 is 1.42 bits per heavy atom. The van der Waals surface area contributed by atoms with Crippen molar-refractivity contribution in [3.05, 3.63) is 29.6 Å². The third-order valence-electron chi connectivity index (χ3n) is 3.08. The Hall–Kier alpha value is -1.27. The Balaban J connectivity index is 1.80. The molecule has 1 aromatic rings. The van der Waals surface area contributed by atoms with Gasteiger partial charge in [0.2, 0.25) is 0 Å². The molecule has 0 aromatic heterocycles. The topological polar surface area (TPSA) is 58.4 Å². The first kappa shape index (κ1) is 14.1. The van der Waals surface area contributed by atoms with Gasteiger partial charge < -0.3 is 11.1 Å². The highest BCUT2D eigenvalue weighted by atomic mass is 32.2. The molecule has 1 amide bonds. The maximum Gasteiger partial charge on any atom is 0.253 e. The van der Waals surface area contributed by atoms with Gasteiger partial charge in [-0.3, -0.25) is 9.69 Å². The maximum absolute atomic E-state index is 12.9. The molecule has 3 N–H and O–H groups in total. The van der Waals surface area contributed by atoms with Gasteiger partial charge in [0.15, 0.2) is 0 Å². The number of halogens is 1. The summed E-state index contributed by atoms with van der Waals surface area (Å²) in [6.07, 6.45) is 0. The summed E-state index contributed by atoms with van der Waals surface area (Å²) >= 11 is 1.96. The summed E-state index contributed by atoms with van der Waals surface area (Å²) in [6.45, 7) is 3.56. The number of carbonyl (C=O) groups excluding carboxylic acids is 1. The van der Waals surface area contributed by atoms with Gasteiger partial charge in [-0.1, -0.05) is 0 Å². The monoisotopic (exact) mass is 283 g/mol. The summed E-state index contributed by atoms with van der Waals surface area (Å²) in [5.41, 5.74) is 6.13. The van der Waals surface area contributed by atoms with Crippen LogP contribution in [0.25, 0.3) is 0 Å². The van der Waals surface area contributed by atoms with Crippen LogP contribution < -0.4 is 11.1 Å². The first-order valence-corrected chi connectivity index (χ1v) is 7.45. The normalized spacial score (nSPS) is 16.3. The fraction of sp³-hybridized carbons (Fsp3) is 0.462. The average Bonchev–Trinajstić information content (AvgIpc) is 2.39.